The van der Waals surface area contributed by atoms with Gasteiger partial charge < -0.3 is 25.4 Å². The highest BCUT2D eigenvalue weighted by Crippen LogP contribution is 2.68. The zero-order valence-corrected chi connectivity index (χ0v) is 24.6. The summed E-state index contributed by atoms with van der Waals surface area (Å²) in [5, 5.41) is 36.5. The number of esters is 1. The van der Waals surface area contributed by atoms with Crippen LogP contribution in [0.3, 0.4) is 0 Å². The summed E-state index contributed by atoms with van der Waals surface area (Å²) in [4.78, 5) is 25.4. The van der Waals surface area contributed by atoms with Crippen LogP contribution in [0.15, 0.2) is 30.3 Å². The summed E-state index contributed by atoms with van der Waals surface area (Å²) in [6.07, 6.45) is 5.84. The summed E-state index contributed by atoms with van der Waals surface area (Å²) in [6, 6.07) is 8.30. The van der Waals surface area contributed by atoms with E-state index in [-0.39, 0.29) is 52.4 Å². The van der Waals surface area contributed by atoms with Crippen LogP contribution >= 0.6 is 0 Å². The minimum Gasteiger partial charge on any atom is -0.467 e. The van der Waals surface area contributed by atoms with Crippen molar-refractivity contribution in [3.8, 4) is 0 Å². The number of benzene rings is 1. The lowest BCUT2D eigenvalue weighted by Crippen LogP contribution is -2.62. The van der Waals surface area contributed by atoms with Crippen LogP contribution in [0, 0.1) is 46.3 Å². The number of hydrogen-bond donors (Lipinski definition) is 4. The molecular weight excluding hydrogens is 506 g/mol. The number of hydrogen-bond acceptors (Lipinski definition) is 6. The molecule has 0 aliphatic heterocycles. The van der Waals surface area contributed by atoms with Crippen LogP contribution in [0.5, 0.6) is 0 Å². The molecule has 12 atom stereocenters. The summed E-state index contributed by atoms with van der Waals surface area (Å²) in [5.41, 5.74) is 0.451. The Morgan fingerprint density at radius 2 is 1.75 bits per heavy atom. The number of ether oxygens (including phenoxy) is 1. The van der Waals surface area contributed by atoms with E-state index in [4.69, 9.17) is 4.74 Å². The second kappa shape index (κ2) is 11.4. The lowest BCUT2D eigenvalue weighted by molar-refractivity contribution is -0.207. The number of rotatable bonds is 7. The van der Waals surface area contributed by atoms with Gasteiger partial charge in [0.25, 0.3) is 0 Å². The molecule has 1 amide bonds. The first-order valence-electron chi connectivity index (χ1n) is 15.5. The molecule has 0 saturated heterocycles. The molecule has 4 N–H and O–H groups in total. The number of aliphatic hydroxyl groups is 3. The van der Waals surface area contributed by atoms with Crippen molar-refractivity contribution in [2.45, 2.75) is 103 Å². The minimum atomic E-state index is -0.835. The number of carbonyl (C=O) groups is 2. The van der Waals surface area contributed by atoms with E-state index in [1.54, 1.807) is 12.1 Å². The van der Waals surface area contributed by atoms with Gasteiger partial charge in [0.2, 0.25) is 5.91 Å². The Morgan fingerprint density at radius 3 is 2.45 bits per heavy atom. The van der Waals surface area contributed by atoms with Gasteiger partial charge in [0, 0.05) is 6.42 Å². The normalized spacial score (nSPS) is 42.1. The van der Waals surface area contributed by atoms with E-state index in [1.807, 2.05) is 18.2 Å². The molecule has 4 aliphatic rings. The van der Waals surface area contributed by atoms with E-state index in [0.29, 0.717) is 30.7 Å². The summed E-state index contributed by atoms with van der Waals surface area (Å²) in [6.45, 7) is 6.78. The molecule has 4 fully saturated rings. The molecule has 0 bridgehead atoms. The van der Waals surface area contributed by atoms with Crippen molar-refractivity contribution in [1.82, 2.24) is 5.32 Å². The smallest absolute Gasteiger partial charge is 0.333 e. The van der Waals surface area contributed by atoms with Crippen molar-refractivity contribution in [3.05, 3.63) is 35.9 Å². The van der Waals surface area contributed by atoms with Gasteiger partial charge in [-0.1, -0.05) is 51.1 Å². The minimum absolute atomic E-state index is 0.0577. The van der Waals surface area contributed by atoms with Crippen molar-refractivity contribution in [1.29, 1.82) is 0 Å². The Morgan fingerprint density at radius 1 is 1.02 bits per heavy atom. The van der Waals surface area contributed by atoms with Crippen LogP contribution in [0.1, 0.15) is 90.2 Å². The molecule has 0 unspecified atom stereocenters. The van der Waals surface area contributed by atoms with Crippen LogP contribution < -0.4 is 5.32 Å². The van der Waals surface area contributed by atoms with Crippen molar-refractivity contribution >= 4 is 11.9 Å². The molecule has 4 aliphatic carbocycles. The Bertz CT molecular complexity index is 1060. The van der Waals surface area contributed by atoms with Gasteiger partial charge in [-0.3, -0.25) is 4.79 Å². The van der Waals surface area contributed by atoms with Gasteiger partial charge in [0.1, 0.15) is 0 Å². The molecule has 40 heavy (non-hydrogen) atoms. The van der Waals surface area contributed by atoms with Crippen molar-refractivity contribution in [2.24, 2.45) is 46.3 Å². The number of amides is 1. The van der Waals surface area contributed by atoms with Crippen LogP contribution in [0.4, 0.5) is 0 Å². The maximum atomic E-state index is 13.0. The van der Waals surface area contributed by atoms with Gasteiger partial charge >= 0.3 is 5.97 Å². The third-order valence-electron chi connectivity index (χ3n) is 12.2. The van der Waals surface area contributed by atoms with E-state index in [2.05, 4.69) is 26.1 Å². The van der Waals surface area contributed by atoms with Crippen LogP contribution in [-0.2, 0) is 14.3 Å². The van der Waals surface area contributed by atoms with Crippen LogP contribution in [0.25, 0.3) is 0 Å². The molecule has 1 aromatic rings. The van der Waals surface area contributed by atoms with E-state index < -0.39 is 24.2 Å². The summed E-state index contributed by atoms with van der Waals surface area (Å²) in [7, 11) is 1.32. The van der Waals surface area contributed by atoms with Gasteiger partial charge in [-0.2, -0.15) is 0 Å². The number of aliphatic hydroxyl groups excluding tert-OH is 3. The maximum absolute atomic E-state index is 13.0. The fraction of sp³-hybridized carbons (Fsp3) is 0.758. The predicted molar refractivity (Wildman–Crippen MR) is 152 cm³/mol. The number of methoxy groups -OCH3 is 1. The first kappa shape index (κ1) is 29.5. The second-order valence-electron chi connectivity index (χ2n) is 14.0. The zero-order valence-electron chi connectivity index (χ0n) is 24.6. The van der Waals surface area contributed by atoms with E-state index in [9.17, 15) is 24.9 Å². The van der Waals surface area contributed by atoms with Crippen molar-refractivity contribution in [3.63, 3.8) is 0 Å². The number of carbonyl (C=O) groups excluding carboxylic acids is 2. The first-order valence-corrected chi connectivity index (χ1v) is 15.5. The Kier molecular flexibility index (Phi) is 8.40. The van der Waals surface area contributed by atoms with Crippen molar-refractivity contribution < 1.29 is 29.6 Å². The van der Waals surface area contributed by atoms with Gasteiger partial charge in [0.15, 0.2) is 6.04 Å². The Labute approximate surface area is 239 Å². The molecule has 7 heteroatoms. The first-order chi connectivity index (χ1) is 19.0. The largest absolute Gasteiger partial charge is 0.467 e. The van der Waals surface area contributed by atoms with E-state index >= 15 is 0 Å². The fourth-order valence-corrected chi connectivity index (χ4v) is 9.97. The SMILES string of the molecule is COC(=O)[C@@H](NC(=O)CC[C@@H](C)[C@H]1CC[C@H]2[C@@H]3[C@H](O)C[C@@H]4C[C@H](O)CC[C@]4(C)[C@H]3C[C@H](O)[C@]12C)c1ccccc1. The standard InChI is InChI=1S/C33H49NO6/c1-19(10-13-28(38)34-30(31(39)40-4)20-8-6-5-7-9-20)23-11-12-24-29-25(18-27(37)33(23,24)3)32(2)15-14-22(35)16-21(32)17-26(29)36/h5-9,19,21-27,29-30,35-37H,10-18H2,1-4H3,(H,34,38)/t19-,21+,22-,23-,24+,25+,26-,27+,29+,30+,32+,33-/m1/s1. The fourth-order valence-electron chi connectivity index (χ4n) is 9.97. The zero-order chi connectivity index (χ0) is 28.8. The molecule has 5 rings (SSSR count). The molecule has 222 valence electrons. The number of fused-ring (bicyclic) bond motifs is 5. The molecule has 7 nitrogen and oxygen atoms in total. The molecule has 1 aromatic carbocycles. The third-order valence-corrected chi connectivity index (χ3v) is 12.2. The monoisotopic (exact) mass is 555 g/mol. The summed E-state index contributed by atoms with van der Waals surface area (Å²) < 4.78 is 4.94. The van der Waals surface area contributed by atoms with E-state index in [0.717, 1.165) is 38.5 Å². The highest BCUT2D eigenvalue weighted by molar-refractivity contribution is 5.85. The number of nitrogens with one attached hydrogen (secondary N) is 1. The molecule has 4 saturated carbocycles. The van der Waals surface area contributed by atoms with Gasteiger partial charge in [-0.05, 0) is 103 Å². The summed E-state index contributed by atoms with van der Waals surface area (Å²) in [5.74, 6) is 0.815. The molecule has 0 spiro atoms. The van der Waals surface area contributed by atoms with Crippen LogP contribution in [0.2, 0.25) is 0 Å². The highest BCUT2D eigenvalue weighted by Gasteiger charge is 2.65. The van der Waals surface area contributed by atoms with Gasteiger partial charge in [-0.15, -0.1) is 0 Å². The third kappa shape index (κ3) is 5.00. The average Bonchev–Trinajstić information content (AvgIpc) is 3.30. The van der Waals surface area contributed by atoms with E-state index in [1.165, 1.54) is 7.11 Å². The maximum Gasteiger partial charge on any atom is 0.333 e. The Balaban J connectivity index is 1.26. The van der Waals surface area contributed by atoms with Gasteiger partial charge in [-0.25, -0.2) is 4.79 Å². The molecule has 0 heterocycles. The second-order valence-corrected chi connectivity index (χ2v) is 14.0. The lowest BCUT2D eigenvalue weighted by atomic mass is 9.43. The molecule has 0 radical (unpaired) electrons. The Hall–Kier alpha value is -1.96. The predicted octanol–water partition coefficient (Wildman–Crippen LogP) is 4.39. The quantitative estimate of drug-likeness (QED) is 0.371. The van der Waals surface area contributed by atoms with Gasteiger partial charge in [0.05, 0.1) is 25.4 Å². The summed E-state index contributed by atoms with van der Waals surface area (Å²) >= 11 is 0. The van der Waals surface area contributed by atoms with Crippen LogP contribution in [-0.4, -0.2) is 52.6 Å². The average molecular weight is 556 g/mol. The van der Waals surface area contributed by atoms with Crippen molar-refractivity contribution in [2.75, 3.05) is 7.11 Å². The molecular formula is C33H49NO6. The highest BCUT2D eigenvalue weighted by atomic mass is 16.5. The lowest BCUT2D eigenvalue weighted by Gasteiger charge is -2.63. The topological polar surface area (TPSA) is 116 Å². The molecule has 0 aromatic heterocycles.